The fourth-order valence-electron chi connectivity index (χ4n) is 3.66. The van der Waals surface area contributed by atoms with E-state index in [9.17, 15) is 36.2 Å². The molecular formula is C14H18F6I2N2O3. The van der Waals surface area contributed by atoms with E-state index in [4.69, 9.17) is 4.74 Å². The van der Waals surface area contributed by atoms with Crippen LogP contribution in [0.2, 0.25) is 0 Å². The Hall–Kier alpha value is 0.390. The van der Waals surface area contributed by atoms with Crippen LogP contribution in [0.1, 0.15) is 39.5 Å². The van der Waals surface area contributed by atoms with Gasteiger partial charge in [0, 0.05) is 0 Å². The third-order valence-corrected chi connectivity index (χ3v) is 12.8. The van der Waals surface area contributed by atoms with E-state index in [-0.39, 0.29) is 12.8 Å². The van der Waals surface area contributed by atoms with Crippen LogP contribution in [-0.4, -0.2) is 41.7 Å². The third-order valence-electron chi connectivity index (χ3n) is 5.67. The first-order valence-electron chi connectivity index (χ1n) is 8.08. The number of hydrogen-bond donors (Lipinski definition) is 3. The Balaban J connectivity index is 2.02. The Morgan fingerprint density at radius 2 is 1.52 bits per heavy atom. The molecule has 158 valence electrons. The maximum atomic E-state index is 13.6. The molecule has 2 atom stereocenters. The molecule has 0 spiro atoms. The van der Waals surface area contributed by atoms with Crippen molar-refractivity contribution in [3.63, 3.8) is 0 Å². The van der Waals surface area contributed by atoms with Gasteiger partial charge in [-0.3, -0.25) is 0 Å². The first kappa shape index (κ1) is 22.1. The molecule has 0 aromatic rings. The number of fused-ring (bicyclic) bond motifs is 1. The van der Waals surface area contributed by atoms with Crippen LogP contribution in [0.15, 0.2) is 0 Å². The summed E-state index contributed by atoms with van der Waals surface area (Å²) in [5.74, 6) is -2.48. The van der Waals surface area contributed by atoms with E-state index in [1.165, 1.54) is 6.92 Å². The summed E-state index contributed by atoms with van der Waals surface area (Å²) in [5, 5.41) is 10.1. The summed E-state index contributed by atoms with van der Waals surface area (Å²) in [5.41, 5.74) is -8.36. The quantitative estimate of drug-likeness (QED) is 0.0821. The van der Waals surface area contributed by atoms with Gasteiger partial charge in [0.05, 0.1) is 0 Å². The van der Waals surface area contributed by atoms with Crippen molar-refractivity contribution in [2.24, 2.45) is 5.92 Å². The zero-order valence-corrected chi connectivity index (χ0v) is 18.5. The van der Waals surface area contributed by atoms with Crippen molar-refractivity contribution in [2.45, 2.75) is 70.2 Å². The second-order valence-electron chi connectivity index (χ2n) is 7.32. The van der Waals surface area contributed by atoms with Crippen molar-refractivity contribution in [3.8, 4) is 0 Å². The summed E-state index contributed by atoms with van der Waals surface area (Å²) in [7, 11) is 0. The molecule has 3 N–H and O–H groups in total. The first-order chi connectivity index (χ1) is 12.0. The van der Waals surface area contributed by atoms with Crippen molar-refractivity contribution in [2.75, 3.05) is 0 Å². The molecule has 2 unspecified atom stereocenters. The Morgan fingerprint density at radius 3 is 1.85 bits per heavy atom. The van der Waals surface area contributed by atoms with Crippen LogP contribution in [0.3, 0.4) is 0 Å². The van der Waals surface area contributed by atoms with E-state index in [1.54, 1.807) is 22.6 Å². The van der Waals surface area contributed by atoms with Gasteiger partial charge in [0.25, 0.3) is 0 Å². The van der Waals surface area contributed by atoms with Gasteiger partial charge in [-0.1, -0.05) is 0 Å². The van der Waals surface area contributed by atoms with Crippen LogP contribution in [0, 0.1) is 5.92 Å². The predicted molar refractivity (Wildman–Crippen MR) is 99.0 cm³/mol. The van der Waals surface area contributed by atoms with Gasteiger partial charge in [-0.15, -0.1) is 0 Å². The first-order valence-corrected chi connectivity index (χ1v) is 12.4. The summed E-state index contributed by atoms with van der Waals surface area (Å²) in [6.07, 6.45) is -11.4. The average molecular weight is 630 g/mol. The second kappa shape index (κ2) is 6.20. The molecule has 0 radical (unpaired) electrons. The number of ether oxygens (including phenoxy) is 1. The fourth-order valence-corrected chi connectivity index (χ4v) is 11.4. The normalized spacial score (nSPS) is 28.1. The average Bonchev–Trinajstić information content (AvgIpc) is 3.29. The number of nitrogens with one attached hydrogen (secondary N) is 2. The molecule has 2 saturated heterocycles. The van der Waals surface area contributed by atoms with Crippen LogP contribution >= 0.6 is 43.0 Å². The molecule has 0 amide bonds. The Morgan fingerprint density at radius 1 is 1.11 bits per heavy atom. The molecule has 1 saturated carbocycles. The standard InChI is InChI=1S/C14H18F6I2N2O3/c1-9(21,14-22(23-14)24-14)8(25)27-10(2,7-5-3-4-6-7)11(26,12(15,16)17)13(18,19)20/h7,23-24,26H,3-6H2,1-2H3. The maximum absolute atomic E-state index is 13.6. The number of aliphatic hydroxyl groups is 1. The number of esters is 1. The topological polar surface area (TPSA) is 90.4 Å². The molecule has 0 aromatic carbocycles. The van der Waals surface area contributed by atoms with E-state index >= 15 is 0 Å². The van der Waals surface area contributed by atoms with E-state index in [0.29, 0.717) is 19.8 Å². The number of alkyl halides is 8. The molecule has 2 heterocycles. The van der Waals surface area contributed by atoms with Gasteiger partial charge in [0.2, 0.25) is 0 Å². The van der Waals surface area contributed by atoms with Crippen molar-refractivity contribution >= 4 is 48.9 Å². The predicted octanol–water partition coefficient (Wildman–Crippen LogP) is 3.72. The molecule has 3 rings (SSSR count). The molecule has 0 aromatic heterocycles. The number of rotatable bonds is 5. The Kier molecular flexibility index (Phi) is 5.07. The van der Waals surface area contributed by atoms with Gasteiger partial charge in [-0.25, -0.2) is 0 Å². The van der Waals surface area contributed by atoms with Crippen molar-refractivity contribution in [1.82, 2.24) is 7.06 Å². The summed E-state index contributed by atoms with van der Waals surface area (Å²) < 4.78 is 90.3. The molecular weight excluding hydrogens is 612 g/mol. The monoisotopic (exact) mass is 630 g/mol. The number of hydrogen-bond acceptors (Lipinski definition) is 5. The van der Waals surface area contributed by atoms with Crippen LogP contribution in [0.5, 0.6) is 0 Å². The molecule has 13 heteroatoms. The van der Waals surface area contributed by atoms with Gasteiger partial charge in [-0.05, 0) is 0 Å². The Bertz CT molecular complexity index is 630. The van der Waals surface area contributed by atoms with Gasteiger partial charge in [-0.2, -0.15) is 0 Å². The second-order valence-corrected chi connectivity index (χ2v) is 13.8. The van der Waals surface area contributed by atoms with Crippen LogP contribution in [0.4, 0.5) is 26.3 Å². The summed E-state index contributed by atoms with van der Waals surface area (Å²) in [4.78, 5) is 12.7. The zero-order valence-electron chi connectivity index (χ0n) is 14.2. The van der Waals surface area contributed by atoms with Gasteiger partial charge >= 0.3 is 173 Å². The summed E-state index contributed by atoms with van der Waals surface area (Å²) in [6.45, 7) is 1.96. The Labute approximate surface area is 172 Å². The van der Waals surface area contributed by atoms with Crippen LogP contribution in [-0.2, 0) is 9.53 Å². The number of halogens is 8. The number of carbonyl (C=O) groups excluding carboxylic acids is 1. The molecule has 2 aliphatic heterocycles. The van der Waals surface area contributed by atoms with Gasteiger partial charge < -0.3 is 0 Å². The van der Waals surface area contributed by atoms with E-state index < -0.39 is 62.9 Å². The molecule has 5 nitrogen and oxygen atoms in total. The van der Waals surface area contributed by atoms with Crippen LogP contribution in [0.25, 0.3) is 0 Å². The van der Waals surface area contributed by atoms with Crippen molar-refractivity contribution in [3.05, 3.63) is 0 Å². The zero-order chi connectivity index (χ0) is 20.7. The van der Waals surface area contributed by atoms with Gasteiger partial charge in [0.15, 0.2) is 0 Å². The van der Waals surface area contributed by atoms with E-state index in [0.717, 1.165) is 0 Å². The summed E-state index contributed by atoms with van der Waals surface area (Å²) in [6, 6.07) is 0. The fraction of sp³-hybridized carbons (Fsp3) is 0.929. The van der Waals surface area contributed by atoms with Crippen LogP contribution < -0.4 is 7.06 Å². The number of carbonyl (C=O) groups is 1. The SMILES string of the molecule is CC(I)(C(=O)OC(C)(C1CCCC1)C(O)(C(F)(F)F)C(F)(F)F)C12NI1N2. The van der Waals surface area contributed by atoms with Crippen molar-refractivity contribution < 1.29 is 41.0 Å². The summed E-state index contributed by atoms with van der Waals surface area (Å²) >= 11 is -0.0472. The minimum absolute atomic E-state index is 0.00362. The minimum atomic E-state index is -6.07. The molecule has 0 bridgehead atoms. The van der Waals surface area contributed by atoms with E-state index in [1.807, 2.05) is 0 Å². The molecule has 3 aliphatic rings. The van der Waals surface area contributed by atoms with E-state index in [2.05, 4.69) is 7.06 Å². The van der Waals surface area contributed by atoms with Gasteiger partial charge in [0.1, 0.15) is 0 Å². The molecule has 1 aliphatic carbocycles. The third kappa shape index (κ3) is 3.00. The molecule has 3 fully saturated rings. The molecule has 27 heavy (non-hydrogen) atoms. The van der Waals surface area contributed by atoms with Crippen molar-refractivity contribution in [1.29, 1.82) is 0 Å².